The Morgan fingerprint density at radius 2 is 2.35 bits per heavy atom. The van der Waals surface area contributed by atoms with Crippen molar-refractivity contribution in [3.8, 4) is 0 Å². The number of carbonyl (C=O) groups is 1. The highest BCUT2D eigenvalue weighted by Gasteiger charge is 2.26. The number of Topliss-reactive ketones (excluding diaryl/α,β-unsaturated/α-hetero) is 1. The van der Waals surface area contributed by atoms with Gasteiger partial charge in [0.1, 0.15) is 5.82 Å². The van der Waals surface area contributed by atoms with Gasteiger partial charge < -0.3 is 10.0 Å². The first kappa shape index (κ1) is 12.0. The molecule has 0 amide bonds. The summed E-state index contributed by atoms with van der Waals surface area (Å²) in [5, 5.41) is 9.71. The van der Waals surface area contributed by atoms with E-state index in [1.807, 2.05) is 6.92 Å². The number of hydrogen-bond acceptors (Lipinski definition) is 4. The van der Waals surface area contributed by atoms with E-state index in [4.69, 9.17) is 0 Å². The van der Waals surface area contributed by atoms with E-state index in [2.05, 4.69) is 9.88 Å². The Hall–Kier alpha value is -1.42. The molecular formula is C13H18N2O2. The Bertz CT molecular complexity index is 420. The summed E-state index contributed by atoms with van der Waals surface area (Å²) in [6.45, 7) is 5.08. The lowest BCUT2D eigenvalue weighted by Crippen LogP contribution is -2.42. The molecule has 0 spiro atoms. The minimum absolute atomic E-state index is 0.0341. The van der Waals surface area contributed by atoms with Gasteiger partial charge in [0, 0.05) is 19.3 Å². The minimum atomic E-state index is -0.240. The van der Waals surface area contributed by atoms with E-state index in [9.17, 15) is 9.90 Å². The molecule has 1 aliphatic rings. The van der Waals surface area contributed by atoms with E-state index >= 15 is 0 Å². The van der Waals surface area contributed by atoms with Gasteiger partial charge in [-0.2, -0.15) is 0 Å². The molecule has 0 aromatic carbocycles. The van der Waals surface area contributed by atoms with Crippen LogP contribution in [0.1, 0.15) is 30.6 Å². The quantitative estimate of drug-likeness (QED) is 0.788. The molecule has 92 valence electrons. The normalized spacial score (nSPS) is 24.8. The van der Waals surface area contributed by atoms with Crippen molar-refractivity contribution < 1.29 is 9.90 Å². The molecule has 1 aliphatic heterocycles. The molecule has 0 saturated carbocycles. The predicted octanol–water partition coefficient (Wildman–Crippen LogP) is 1.49. The van der Waals surface area contributed by atoms with Gasteiger partial charge >= 0.3 is 0 Å². The number of anilines is 1. The number of pyridine rings is 1. The van der Waals surface area contributed by atoms with Gasteiger partial charge in [0.15, 0.2) is 5.78 Å². The first-order chi connectivity index (χ1) is 8.09. The van der Waals surface area contributed by atoms with Crippen molar-refractivity contribution in [3.63, 3.8) is 0 Å². The van der Waals surface area contributed by atoms with Crippen LogP contribution in [0.25, 0.3) is 0 Å². The smallest absolute Gasteiger partial charge is 0.163 e. The van der Waals surface area contributed by atoms with Gasteiger partial charge in [0.25, 0.3) is 0 Å². The minimum Gasteiger partial charge on any atom is -0.393 e. The van der Waals surface area contributed by atoms with Gasteiger partial charge in [-0.1, -0.05) is 6.92 Å². The maximum atomic E-state index is 11.5. The second kappa shape index (κ2) is 4.84. The second-order valence-corrected chi connectivity index (χ2v) is 4.71. The Labute approximate surface area is 101 Å². The molecular weight excluding hydrogens is 216 g/mol. The predicted molar refractivity (Wildman–Crippen MR) is 66.2 cm³/mol. The number of ketones is 1. The van der Waals surface area contributed by atoms with Crippen molar-refractivity contribution in [2.75, 3.05) is 18.0 Å². The maximum Gasteiger partial charge on any atom is 0.163 e. The first-order valence-corrected chi connectivity index (χ1v) is 5.98. The second-order valence-electron chi connectivity index (χ2n) is 4.71. The summed E-state index contributed by atoms with van der Waals surface area (Å²) in [6.07, 6.45) is 2.20. The summed E-state index contributed by atoms with van der Waals surface area (Å²) >= 11 is 0. The van der Waals surface area contributed by atoms with Crippen molar-refractivity contribution in [2.45, 2.75) is 26.4 Å². The molecule has 0 bridgehead atoms. The Kier molecular flexibility index (Phi) is 3.43. The van der Waals surface area contributed by atoms with Crippen LogP contribution < -0.4 is 4.90 Å². The number of rotatable bonds is 2. The lowest BCUT2D eigenvalue weighted by atomic mass is 9.96. The van der Waals surface area contributed by atoms with Crippen molar-refractivity contribution in [1.29, 1.82) is 0 Å². The molecule has 2 heterocycles. The zero-order chi connectivity index (χ0) is 12.4. The van der Waals surface area contributed by atoms with Crippen LogP contribution in [-0.4, -0.2) is 35.1 Å². The molecule has 2 atom stereocenters. The maximum absolute atomic E-state index is 11.5. The van der Waals surface area contributed by atoms with Crippen LogP contribution in [0.5, 0.6) is 0 Å². The average molecular weight is 234 g/mol. The third-order valence-electron chi connectivity index (χ3n) is 3.33. The number of hydrogen-bond donors (Lipinski definition) is 1. The van der Waals surface area contributed by atoms with Crippen molar-refractivity contribution in [2.24, 2.45) is 5.92 Å². The van der Waals surface area contributed by atoms with Gasteiger partial charge in [-0.3, -0.25) is 4.79 Å². The fourth-order valence-electron chi connectivity index (χ4n) is 2.25. The molecule has 0 aliphatic carbocycles. The van der Waals surface area contributed by atoms with E-state index in [1.54, 1.807) is 25.3 Å². The van der Waals surface area contributed by atoms with E-state index < -0.39 is 0 Å². The molecule has 2 unspecified atom stereocenters. The van der Waals surface area contributed by atoms with Crippen molar-refractivity contribution in [3.05, 3.63) is 23.9 Å². The first-order valence-electron chi connectivity index (χ1n) is 5.98. The van der Waals surface area contributed by atoms with Gasteiger partial charge in [-0.25, -0.2) is 4.98 Å². The summed E-state index contributed by atoms with van der Waals surface area (Å²) in [5.41, 5.74) is 0.663. The molecule has 1 fully saturated rings. The van der Waals surface area contributed by atoms with Gasteiger partial charge in [0.2, 0.25) is 0 Å². The number of piperidine rings is 1. The molecule has 4 nitrogen and oxygen atoms in total. The van der Waals surface area contributed by atoms with Crippen LogP contribution in [0.2, 0.25) is 0 Å². The van der Waals surface area contributed by atoms with Crippen LogP contribution >= 0.6 is 0 Å². The SMILES string of the molecule is CC(=O)c1cccnc1N1CCC(O)C(C)C1. The number of aliphatic hydroxyl groups excluding tert-OH is 1. The Morgan fingerprint density at radius 1 is 1.59 bits per heavy atom. The lowest BCUT2D eigenvalue weighted by Gasteiger charge is -2.35. The average Bonchev–Trinajstić information content (AvgIpc) is 2.32. The Balaban J connectivity index is 2.25. The number of nitrogens with zero attached hydrogens (tertiary/aromatic N) is 2. The highest BCUT2D eigenvalue weighted by atomic mass is 16.3. The van der Waals surface area contributed by atoms with Crippen LogP contribution in [0.3, 0.4) is 0 Å². The fraction of sp³-hybridized carbons (Fsp3) is 0.538. The number of carbonyl (C=O) groups excluding carboxylic acids is 1. The molecule has 4 heteroatoms. The van der Waals surface area contributed by atoms with Crippen LogP contribution in [0.15, 0.2) is 18.3 Å². The molecule has 1 aromatic rings. The van der Waals surface area contributed by atoms with Crippen LogP contribution in [0, 0.1) is 5.92 Å². The summed E-state index contributed by atoms with van der Waals surface area (Å²) in [6, 6.07) is 3.59. The number of aromatic nitrogens is 1. The molecule has 17 heavy (non-hydrogen) atoms. The zero-order valence-corrected chi connectivity index (χ0v) is 10.3. The summed E-state index contributed by atoms with van der Waals surface area (Å²) in [7, 11) is 0. The van der Waals surface area contributed by atoms with Crippen LogP contribution in [0.4, 0.5) is 5.82 Å². The van der Waals surface area contributed by atoms with E-state index in [1.165, 1.54) is 0 Å². The van der Waals surface area contributed by atoms with E-state index in [0.717, 1.165) is 25.3 Å². The van der Waals surface area contributed by atoms with Gasteiger partial charge in [-0.15, -0.1) is 0 Å². The molecule has 1 N–H and O–H groups in total. The van der Waals surface area contributed by atoms with E-state index in [-0.39, 0.29) is 17.8 Å². The number of aliphatic hydroxyl groups is 1. The standard InChI is InChI=1S/C13H18N2O2/c1-9-8-15(7-5-12(9)17)13-11(10(2)16)4-3-6-14-13/h3-4,6,9,12,17H,5,7-8H2,1-2H3. The molecule has 2 rings (SSSR count). The summed E-state index contributed by atoms with van der Waals surface area (Å²) in [5.74, 6) is 0.996. The highest BCUT2D eigenvalue weighted by molar-refractivity contribution is 5.98. The van der Waals surface area contributed by atoms with Gasteiger partial charge in [0.05, 0.1) is 11.7 Å². The Morgan fingerprint density at radius 3 is 3.00 bits per heavy atom. The van der Waals surface area contributed by atoms with Crippen molar-refractivity contribution in [1.82, 2.24) is 4.98 Å². The largest absolute Gasteiger partial charge is 0.393 e. The van der Waals surface area contributed by atoms with Crippen molar-refractivity contribution >= 4 is 11.6 Å². The molecule has 1 saturated heterocycles. The van der Waals surface area contributed by atoms with Crippen LogP contribution in [-0.2, 0) is 0 Å². The third-order valence-corrected chi connectivity index (χ3v) is 3.33. The van der Waals surface area contributed by atoms with E-state index in [0.29, 0.717) is 5.56 Å². The summed E-state index contributed by atoms with van der Waals surface area (Å²) < 4.78 is 0. The summed E-state index contributed by atoms with van der Waals surface area (Å²) in [4.78, 5) is 17.9. The lowest BCUT2D eigenvalue weighted by molar-refractivity contribution is 0.0965. The highest BCUT2D eigenvalue weighted by Crippen LogP contribution is 2.24. The molecule has 1 aromatic heterocycles. The third kappa shape index (κ3) is 2.47. The fourth-order valence-corrected chi connectivity index (χ4v) is 2.25. The zero-order valence-electron chi connectivity index (χ0n) is 10.3. The monoisotopic (exact) mass is 234 g/mol. The molecule has 0 radical (unpaired) electrons. The topological polar surface area (TPSA) is 53.4 Å². The van der Waals surface area contributed by atoms with Gasteiger partial charge in [-0.05, 0) is 31.4 Å².